The number of fused-ring (bicyclic) bond motifs is 3. The predicted octanol–water partition coefficient (Wildman–Crippen LogP) is 6.10. The van der Waals surface area contributed by atoms with E-state index in [-0.39, 0.29) is 5.82 Å². The van der Waals surface area contributed by atoms with Gasteiger partial charge in [0.05, 0.1) is 10.9 Å². The molecule has 3 aromatic carbocycles. The number of nitrogens with zero attached hydrogens (tertiary/aromatic N) is 1. The summed E-state index contributed by atoms with van der Waals surface area (Å²) in [5.41, 5.74) is 0.812. The third-order valence-electron chi connectivity index (χ3n) is 5.26. The van der Waals surface area contributed by atoms with Crippen LogP contribution in [0.3, 0.4) is 0 Å². The molecule has 0 fully saturated rings. The molecule has 0 aliphatic rings. The van der Waals surface area contributed by atoms with E-state index in [0.717, 1.165) is 38.7 Å². The zero-order valence-corrected chi connectivity index (χ0v) is 18.7. The first-order chi connectivity index (χ1) is 16.6. The van der Waals surface area contributed by atoms with Crippen molar-refractivity contribution in [3.05, 3.63) is 109 Å². The van der Waals surface area contributed by atoms with Gasteiger partial charge in [0, 0.05) is 23.8 Å². The Bertz CT molecular complexity index is 1600. The quantitative estimate of drug-likeness (QED) is 0.0969. The van der Waals surface area contributed by atoms with Gasteiger partial charge in [-0.25, -0.2) is 12.8 Å². The summed E-state index contributed by atoms with van der Waals surface area (Å²) in [6.07, 6.45) is 2.04. The molecule has 35 heavy (non-hydrogen) atoms. The summed E-state index contributed by atoms with van der Waals surface area (Å²) in [7, 11) is -6.09. The van der Waals surface area contributed by atoms with Crippen LogP contribution in [0.1, 0.15) is 0 Å². The Morgan fingerprint density at radius 2 is 1.20 bits per heavy atom. The lowest BCUT2D eigenvalue weighted by molar-refractivity contribution is -0.481. The molecule has 0 saturated heterocycles. The Hall–Kier alpha value is -3.82. The number of hydrogen-bond acceptors (Lipinski definition) is 3. The molecule has 5 rings (SSSR count). The van der Waals surface area contributed by atoms with E-state index < -0.39 is 15.6 Å². The molecule has 9 heteroatoms. The van der Waals surface area contributed by atoms with Gasteiger partial charge in [0.1, 0.15) is 5.82 Å². The highest BCUT2D eigenvalue weighted by Gasteiger charge is 2.36. The fourth-order valence-corrected chi connectivity index (χ4v) is 3.84. The zero-order chi connectivity index (χ0) is 25.2. The summed E-state index contributed by atoms with van der Waals surface area (Å²) in [6, 6.07) is 31.8. The average Bonchev–Trinajstić information content (AvgIpc) is 2.83. The van der Waals surface area contributed by atoms with Crippen LogP contribution in [-0.2, 0) is 10.1 Å². The number of aromatic nitrogens is 1. The predicted molar refractivity (Wildman–Crippen MR) is 124 cm³/mol. The molecule has 0 N–H and O–H groups in total. The fraction of sp³-hybridized carbons (Fsp3) is 0.0385. The van der Waals surface area contributed by atoms with Gasteiger partial charge in [-0.2, -0.15) is 17.6 Å². The molecule has 2 aromatic heterocycles. The van der Waals surface area contributed by atoms with Crippen molar-refractivity contribution >= 4 is 26.5 Å². The van der Waals surface area contributed by atoms with Crippen LogP contribution in [0.5, 0.6) is 0 Å². The summed E-state index contributed by atoms with van der Waals surface area (Å²) >= 11 is 0. The highest BCUT2D eigenvalue weighted by molar-refractivity contribution is 7.86. The molecular formula is C26H17F4NO3S. The smallest absolute Gasteiger partial charge is 0.485 e. The van der Waals surface area contributed by atoms with E-state index in [9.17, 15) is 17.6 Å². The van der Waals surface area contributed by atoms with Crippen molar-refractivity contribution < 1.29 is 34.9 Å². The Labute approximate surface area is 198 Å². The monoisotopic (exact) mass is 499 g/mol. The normalized spacial score (nSPS) is 11.8. The Balaban J connectivity index is 0.000000314. The topological polar surface area (TPSA) is 61.3 Å². The van der Waals surface area contributed by atoms with Crippen molar-refractivity contribution in [3.8, 4) is 22.3 Å². The van der Waals surface area contributed by atoms with E-state index in [1.807, 2.05) is 60.8 Å². The minimum atomic E-state index is -6.09. The van der Waals surface area contributed by atoms with E-state index >= 15 is 0 Å². The molecule has 0 spiro atoms. The summed E-state index contributed by atoms with van der Waals surface area (Å²) < 4.78 is 75.3. The first-order valence-corrected chi connectivity index (χ1v) is 11.7. The van der Waals surface area contributed by atoms with Crippen molar-refractivity contribution in [2.75, 3.05) is 0 Å². The van der Waals surface area contributed by atoms with Gasteiger partial charge in [-0.05, 0) is 29.3 Å². The highest BCUT2D eigenvalue weighted by Crippen LogP contribution is 2.39. The number of pyridine rings is 2. The fourth-order valence-electron chi connectivity index (χ4n) is 3.84. The van der Waals surface area contributed by atoms with Crippen LogP contribution >= 0.6 is 0 Å². The first-order valence-electron chi connectivity index (χ1n) is 10.3. The minimum absolute atomic E-state index is 0.227. The Morgan fingerprint density at radius 1 is 0.686 bits per heavy atom. The van der Waals surface area contributed by atoms with Crippen LogP contribution in [0, 0.1) is 5.82 Å². The number of hydrogen-bond donors (Lipinski definition) is 0. The molecule has 178 valence electrons. The maximum absolute atomic E-state index is 14.3. The van der Waals surface area contributed by atoms with Crippen LogP contribution < -0.4 is 4.40 Å². The van der Waals surface area contributed by atoms with Crippen molar-refractivity contribution in [1.82, 2.24) is 0 Å². The van der Waals surface area contributed by atoms with Gasteiger partial charge in [0.15, 0.2) is 16.3 Å². The molecule has 0 amide bonds. The molecule has 0 bridgehead atoms. The summed E-state index contributed by atoms with van der Waals surface area (Å²) in [6.45, 7) is 0. The summed E-state index contributed by atoms with van der Waals surface area (Å²) in [5.74, 6) is -0.227. The lowest BCUT2D eigenvalue weighted by atomic mass is 9.90. The third kappa shape index (κ3) is 5.01. The maximum Gasteiger partial charge on any atom is 0.485 e. The molecule has 5 aromatic rings. The van der Waals surface area contributed by atoms with Gasteiger partial charge in [-0.1, -0.05) is 60.7 Å². The van der Waals surface area contributed by atoms with E-state index in [1.165, 1.54) is 6.07 Å². The lowest BCUT2D eigenvalue weighted by Crippen LogP contribution is -2.23. The summed E-state index contributed by atoms with van der Waals surface area (Å²) in [4.78, 5) is 0. The first kappa shape index (κ1) is 24.3. The molecule has 0 unspecified atom stereocenters. The molecule has 0 radical (unpaired) electrons. The van der Waals surface area contributed by atoms with Crippen molar-refractivity contribution in [1.29, 1.82) is 0 Å². The van der Waals surface area contributed by atoms with Crippen LogP contribution in [0.4, 0.5) is 17.6 Å². The molecule has 0 atom stereocenters. The lowest BCUT2D eigenvalue weighted by Gasteiger charge is -2.14. The molecular weight excluding hydrogens is 482 g/mol. The molecule has 0 aliphatic heterocycles. The largest absolute Gasteiger partial charge is 0.741 e. The number of rotatable bonds is 2. The SMILES string of the molecule is Fc1ccc2c(c1)c(-c1ccccc1)c(-c1ccccc1)c1cccc[n+]12.O=S(=O)([O-])C(F)(F)F. The van der Waals surface area contributed by atoms with Crippen molar-refractivity contribution in [2.45, 2.75) is 5.51 Å². The average molecular weight is 499 g/mol. The van der Waals surface area contributed by atoms with Crippen LogP contribution in [0.2, 0.25) is 0 Å². The van der Waals surface area contributed by atoms with E-state index in [1.54, 1.807) is 6.07 Å². The van der Waals surface area contributed by atoms with Crippen LogP contribution in [0.25, 0.3) is 38.7 Å². The molecule has 0 saturated carbocycles. The van der Waals surface area contributed by atoms with Gasteiger partial charge >= 0.3 is 5.51 Å². The second-order valence-electron chi connectivity index (χ2n) is 7.50. The zero-order valence-electron chi connectivity index (χ0n) is 17.9. The molecule has 0 aliphatic carbocycles. The number of alkyl halides is 3. The van der Waals surface area contributed by atoms with Gasteiger partial charge in [-0.3, -0.25) is 0 Å². The second-order valence-corrected chi connectivity index (χ2v) is 8.87. The highest BCUT2D eigenvalue weighted by atomic mass is 32.2. The minimum Gasteiger partial charge on any atom is -0.741 e. The van der Waals surface area contributed by atoms with Gasteiger partial charge in [0.25, 0.3) is 0 Å². The van der Waals surface area contributed by atoms with E-state index in [2.05, 4.69) is 34.7 Å². The Kier molecular flexibility index (Phi) is 6.56. The van der Waals surface area contributed by atoms with Gasteiger partial charge < -0.3 is 4.55 Å². The maximum atomic E-state index is 14.3. The standard InChI is InChI=1S/C25H17FN.CHF3O3S/c26-20-14-15-22-21(17-20)24(18-9-3-1-4-10-18)25(19-11-5-2-6-12-19)23-13-7-8-16-27(22)23;2-1(3,4)8(5,6)7/h1-17H;(H,5,6,7)/q+1;/p-1. The Morgan fingerprint density at radius 3 is 1.74 bits per heavy atom. The van der Waals surface area contributed by atoms with Crippen molar-refractivity contribution in [3.63, 3.8) is 0 Å². The number of halogens is 4. The van der Waals surface area contributed by atoms with Gasteiger partial charge in [0.2, 0.25) is 11.0 Å². The third-order valence-corrected chi connectivity index (χ3v) is 5.83. The van der Waals surface area contributed by atoms with Crippen LogP contribution in [-0.4, -0.2) is 18.5 Å². The van der Waals surface area contributed by atoms with E-state index in [4.69, 9.17) is 13.0 Å². The van der Waals surface area contributed by atoms with Crippen molar-refractivity contribution in [2.24, 2.45) is 0 Å². The van der Waals surface area contributed by atoms with Crippen LogP contribution in [0.15, 0.2) is 103 Å². The van der Waals surface area contributed by atoms with E-state index in [0.29, 0.717) is 0 Å². The molecule has 2 heterocycles. The molecule has 4 nitrogen and oxygen atoms in total. The second kappa shape index (κ2) is 9.44. The summed E-state index contributed by atoms with van der Waals surface area (Å²) in [5, 5.41) is 0.906. The van der Waals surface area contributed by atoms with Gasteiger partial charge in [-0.15, -0.1) is 0 Å². The number of benzene rings is 3.